The van der Waals surface area contributed by atoms with E-state index in [0.29, 0.717) is 11.7 Å². The van der Waals surface area contributed by atoms with Crippen molar-refractivity contribution >= 4 is 0 Å². The average Bonchev–Trinajstić information content (AvgIpc) is 2.56. The highest BCUT2D eigenvalue weighted by atomic mass is 17.1. The van der Waals surface area contributed by atoms with Crippen molar-refractivity contribution in [3.8, 4) is 5.75 Å². The molecule has 0 atom stereocenters. The summed E-state index contributed by atoms with van der Waals surface area (Å²) in [5.41, 5.74) is 2.23. The summed E-state index contributed by atoms with van der Waals surface area (Å²) in [4.78, 5) is 4.68. The van der Waals surface area contributed by atoms with Crippen molar-refractivity contribution in [1.29, 1.82) is 0 Å². The Hall–Kier alpha value is -1.02. The summed E-state index contributed by atoms with van der Waals surface area (Å²) >= 11 is 0. The first kappa shape index (κ1) is 20.0. The van der Waals surface area contributed by atoms with Gasteiger partial charge in [-0.1, -0.05) is 96.8 Å². The van der Waals surface area contributed by atoms with Crippen LogP contribution < -0.4 is 4.89 Å². The zero-order valence-corrected chi connectivity index (χ0v) is 15.4. The maximum atomic E-state index is 9.21. The summed E-state index contributed by atoms with van der Waals surface area (Å²) in [5, 5.41) is 9.21. The van der Waals surface area contributed by atoms with Gasteiger partial charge >= 0.3 is 0 Å². The van der Waals surface area contributed by atoms with Crippen LogP contribution in [0.1, 0.15) is 102 Å². The van der Waals surface area contributed by atoms with E-state index in [1.165, 1.54) is 64.2 Å². The number of aryl methyl sites for hydroxylation is 1. The van der Waals surface area contributed by atoms with Crippen LogP contribution in [-0.2, 0) is 6.42 Å². The minimum absolute atomic E-state index is 0.366. The van der Waals surface area contributed by atoms with E-state index in [9.17, 15) is 5.26 Å². The Labute approximate surface area is 143 Å². The largest absolute Gasteiger partial charge is 0.340 e. The van der Waals surface area contributed by atoms with Gasteiger partial charge in [-0.15, -0.1) is 0 Å². The van der Waals surface area contributed by atoms with Gasteiger partial charge in [0.15, 0.2) is 5.75 Å². The van der Waals surface area contributed by atoms with E-state index in [4.69, 9.17) is 0 Å². The van der Waals surface area contributed by atoms with Crippen molar-refractivity contribution in [2.45, 2.75) is 97.3 Å². The van der Waals surface area contributed by atoms with Gasteiger partial charge in [-0.2, -0.15) is 0 Å². The zero-order valence-electron chi connectivity index (χ0n) is 15.4. The van der Waals surface area contributed by atoms with Gasteiger partial charge in [-0.05, 0) is 24.3 Å². The lowest BCUT2D eigenvalue weighted by molar-refractivity contribution is -0.139. The molecule has 0 radical (unpaired) electrons. The van der Waals surface area contributed by atoms with E-state index in [1.54, 1.807) is 0 Å². The van der Waals surface area contributed by atoms with Gasteiger partial charge in [0.25, 0.3) is 0 Å². The fourth-order valence-corrected chi connectivity index (χ4v) is 3.17. The van der Waals surface area contributed by atoms with E-state index >= 15 is 0 Å². The highest BCUT2D eigenvalue weighted by Gasteiger charge is 2.12. The third-order valence-electron chi connectivity index (χ3n) is 4.64. The van der Waals surface area contributed by atoms with Gasteiger partial charge in [0.05, 0.1) is 0 Å². The van der Waals surface area contributed by atoms with Gasteiger partial charge < -0.3 is 4.89 Å². The van der Waals surface area contributed by atoms with E-state index in [1.807, 2.05) is 6.07 Å². The Morgan fingerprint density at radius 3 is 1.96 bits per heavy atom. The first-order valence-electron chi connectivity index (χ1n) is 9.63. The maximum absolute atomic E-state index is 9.21. The molecule has 0 fully saturated rings. The number of benzene rings is 1. The Bertz CT molecular complexity index is 412. The van der Waals surface area contributed by atoms with Crippen LogP contribution >= 0.6 is 0 Å². The minimum atomic E-state index is 0.366. The Kier molecular flexibility index (Phi) is 10.8. The molecule has 0 spiro atoms. The van der Waals surface area contributed by atoms with Gasteiger partial charge in [0.1, 0.15) is 0 Å². The second-order valence-electron chi connectivity index (χ2n) is 7.01. The lowest BCUT2D eigenvalue weighted by Crippen LogP contribution is -1.99. The van der Waals surface area contributed by atoms with E-state index in [0.717, 1.165) is 17.5 Å². The van der Waals surface area contributed by atoms with E-state index < -0.39 is 0 Å². The first-order valence-corrected chi connectivity index (χ1v) is 9.63. The molecule has 132 valence electrons. The van der Waals surface area contributed by atoms with E-state index in [2.05, 4.69) is 37.8 Å². The molecule has 1 aromatic rings. The van der Waals surface area contributed by atoms with Crippen molar-refractivity contribution < 1.29 is 10.1 Å². The molecule has 0 aliphatic rings. The number of rotatable bonds is 13. The Morgan fingerprint density at radius 2 is 1.43 bits per heavy atom. The second-order valence-corrected chi connectivity index (χ2v) is 7.01. The smallest absolute Gasteiger partial charge is 0.171 e. The standard InChI is InChI=1S/C21H36O2/c1-4-5-6-7-8-9-10-11-12-13-15-19-16-14-17-20(18(2)3)21(19)23-22/h14,16-18,22H,4-13,15H2,1-3H3. The summed E-state index contributed by atoms with van der Waals surface area (Å²) < 4.78 is 0. The fourth-order valence-electron chi connectivity index (χ4n) is 3.17. The molecule has 0 amide bonds. The number of para-hydroxylation sites is 1. The van der Waals surface area contributed by atoms with Crippen LogP contribution in [0, 0.1) is 0 Å². The molecule has 0 aromatic heterocycles. The topological polar surface area (TPSA) is 29.5 Å². The van der Waals surface area contributed by atoms with Crippen molar-refractivity contribution in [3.05, 3.63) is 29.3 Å². The van der Waals surface area contributed by atoms with Crippen LogP contribution in [0.2, 0.25) is 0 Å². The molecule has 2 nitrogen and oxygen atoms in total. The molecule has 1 rings (SSSR count). The molecule has 0 unspecified atom stereocenters. The van der Waals surface area contributed by atoms with Gasteiger partial charge in [0, 0.05) is 5.56 Å². The summed E-state index contributed by atoms with van der Waals surface area (Å²) in [5.74, 6) is 1.04. The number of hydrogen-bond acceptors (Lipinski definition) is 2. The van der Waals surface area contributed by atoms with Gasteiger partial charge in [-0.25, -0.2) is 5.26 Å². The lowest BCUT2D eigenvalue weighted by atomic mass is 9.96. The Balaban J connectivity index is 2.20. The molecular weight excluding hydrogens is 284 g/mol. The molecule has 1 N–H and O–H groups in total. The zero-order chi connectivity index (χ0) is 16.9. The Morgan fingerprint density at radius 1 is 0.870 bits per heavy atom. The maximum Gasteiger partial charge on any atom is 0.171 e. The lowest BCUT2D eigenvalue weighted by Gasteiger charge is -2.14. The third kappa shape index (κ3) is 7.87. The molecular formula is C21H36O2. The second kappa shape index (κ2) is 12.4. The molecule has 2 heteroatoms. The van der Waals surface area contributed by atoms with Crippen LogP contribution in [0.4, 0.5) is 0 Å². The quantitative estimate of drug-likeness (QED) is 0.238. The van der Waals surface area contributed by atoms with Crippen molar-refractivity contribution in [1.82, 2.24) is 0 Å². The molecule has 0 aliphatic heterocycles. The molecule has 0 aliphatic carbocycles. The fraction of sp³-hybridized carbons (Fsp3) is 0.714. The van der Waals surface area contributed by atoms with E-state index in [-0.39, 0.29) is 0 Å². The predicted octanol–water partition coefficient (Wildman–Crippen LogP) is 7.13. The summed E-state index contributed by atoms with van der Waals surface area (Å²) in [6.07, 6.45) is 14.5. The predicted molar refractivity (Wildman–Crippen MR) is 99.3 cm³/mol. The molecule has 1 aromatic carbocycles. The van der Waals surface area contributed by atoms with Crippen LogP contribution in [0.5, 0.6) is 5.75 Å². The van der Waals surface area contributed by atoms with Crippen molar-refractivity contribution in [2.75, 3.05) is 0 Å². The number of unbranched alkanes of at least 4 members (excludes halogenated alkanes) is 9. The summed E-state index contributed by atoms with van der Waals surface area (Å²) in [6, 6.07) is 6.19. The van der Waals surface area contributed by atoms with Crippen LogP contribution in [-0.4, -0.2) is 5.26 Å². The van der Waals surface area contributed by atoms with Gasteiger partial charge in [0.2, 0.25) is 0 Å². The molecule has 0 heterocycles. The normalized spacial score (nSPS) is 11.2. The number of hydrogen-bond donors (Lipinski definition) is 1. The molecule has 0 bridgehead atoms. The highest BCUT2D eigenvalue weighted by Crippen LogP contribution is 2.30. The first-order chi connectivity index (χ1) is 11.2. The van der Waals surface area contributed by atoms with Crippen LogP contribution in [0.25, 0.3) is 0 Å². The van der Waals surface area contributed by atoms with Crippen molar-refractivity contribution in [2.24, 2.45) is 0 Å². The van der Waals surface area contributed by atoms with Gasteiger partial charge in [-0.3, -0.25) is 0 Å². The SMILES string of the molecule is CCCCCCCCCCCCc1cccc(C(C)C)c1OO. The average molecular weight is 321 g/mol. The molecule has 0 saturated heterocycles. The minimum Gasteiger partial charge on any atom is -0.340 e. The third-order valence-corrected chi connectivity index (χ3v) is 4.64. The highest BCUT2D eigenvalue weighted by molar-refractivity contribution is 5.43. The van der Waals surface area contributed by atoms with Crippen LogP contribution in [0.15, 0.2) is 18.2 Å². The summed E-state index contributed by atoms with van der Waals surface area (Å²) in [7, 11) is 0. The summed E-state index contributed by atoms with van der Waals surface area (Å²) in [6.45, 7) is 6.52. The monoisotopic (exact) mass is 320 g/mol. The van der Waals surface area contributed by atoms with Crippen LogP contribution in [0.3, 0.4) is 0 Å². The van der Waals surface area contributed by atoms with Crippen molar-refractivity contribution in [3.63, 3.8) is 0 Å². The molecule has 23 heavy (non-hydrogen) atoms. The molecule has 0 saturated carbocycles.